The van der Waals surface area contributed by atoms with Crippen LogP contribution in [-0.2, 0) is 15.5 Å². The van der Waals surface area contributed by atoms with Crippen LogP contribution in [-0.4, -0.2) is 20.2 Å². The van der Waals surface area contributed by atoms with Gasteiger partial charge in [0.05, 0.1) is 13.2 Å². The second-order valence-corrected chi connectivity index (χ2v) is 8.02. The van der Waals surface area contributed by atoms with Crippen molar-refractivity contribution < 1.29 is 8.85 Å². The Kier molecular flexibility index (Phi) is 5.54. The van der Waals surface area contributed by atoms with Gasteiger partial charge >= 0.3 is 8.56 Å². The van der Waals surface area contributed by atoms with Crippen LogP contribution in [0.3, 0.4) is 0 Å². The molecule has 0 amide bonds. The number of rotatable bonds is 6. The Labute approximate surface area is 105 Å². The molecule has 0 N–H and O–H groups in total. The van der Waals surface area contributed by atoms with E-state index in [1.54, 1.807) is 6.20 Å². The molecule has 0 aliphatic carbocycles. The van der Waals surface area contributed by atoms with Crippen LogP contribution in [0.5, 0.6) is 0 Å². The highest BCUT2D eigenvalue weighted by Gasteiger charge is 2.23. The van der Waals surface area contributed by atoms with Crippen LogP contribution in [0.1, 0.15) is 19.4 Å². The van der Waals surface area contributed by atoms with E-state index >= 15 is 0 Å². The molecule has 0 saturated heterocycles. The summed E-state index contributed by atoms with van der Waals surface area (Å²) in [5, 5.41) is 0. The summed E-state index contributed by atoms with van der Waals surface area (Å²) >= 11 is 0. The predicted octanol–water partition coefficient (Wildman–Crippen LogP) is 3.28. The summed E-state index contributed by atoms with van der Waals surface area (Å²) in [7, 11) is -2.03. The molecule has 0 aliphatic rings. The van der Waals surface area contributed by atoms with Crippen molar-refractivity contribution in [1.29, 1.82) is 0 Å². The summed E-state index contributed by atoms with van der Waals surface area (Å²) in [6, 6.07) is 3.92. The van der Waals surface area contributed by atoms with Crippen LogP contribution in [0.2, 0.25) is 13.1 Å². The first kappa shape index (κ1) is 14.1. The smallest absolute Gasteiger partial charge is 0.332 e. The van der Waals surface area contributed by atoms with Crippen molar-refractivity contribution in [3.05, 3.63) is 41.7 Å². The van der Waals surface area contributed by atoms with Gasteiger partial charge in [0, 0.05) is 12.4 Å². The fourth-order valence-corrected chi connectivity index (χ4v) is 2.27. The number of hydrogen-bond acceptors (Lipinski definition) is 3. The molecule has 1 rings (SSSR count). The van der Waals surface area contributed by atoms with Gasteiger partial charge < -0.3 is 8.85 Å². The van der Waals surface area contributed by atoms with Gasteiger partial charge in [0.1, 0.15) is 0 Å². The van der Waals surface area contributed by atoms with E-state index in [0.717, 1.165) is 5.56 Å². The minimum Gasteiger partial charge on any atom is -0.391 e. The lowest BCUT2D eigenvalue weighted by Gasteiger charge is -2.22. The third-order valence-corrected chi connectivity index (χ3v) is 3.93. The van der Waals surface area contributed by atoms with Crippen molar-refractivity contribution in [3.63, 3.8) is 0 Å². The molecule has 0 unspecified atom stereocenters. The van der Waals surface area contributed by atoms with Crippen LogP contribution in [0.15, 0.2) is 36.2 Å². The van der Waals surface area contributed by atoms with Crippen LogP contribution >= 0.6 is 0 Å². The molecule has 1 heterocycles. The van der Waals surface area contributed by atoms with E-state index < -0.39 is 8.56 Å². The van der Waals surface area contributed by atoms with Crippen molar-refractivity contribution in [2.24, 2.45) is 0 Å². The average molecular weight is 251 g/mol. The number of nitrogens with zero attached hydrogens (tertiary/aromatic N) is 1. The molecule has 0 aliphatic heterocycles. The van der Waals surface area contributed by atoms with Crippen LogP contribution < -0.4 is 0 Å². The van der Waals surface area contributed by atoms with E-state index in [2.05, 4.69) is 38.0 Å². The molecule has 0 radical (unpaired) electrons. The van der Waals surface area contributed by atoms with Crippen molar-refractivity contribution in [2.45, 2.75) is 33.5 Å². The van der Waals surface area contributed by atoms with Gasteiger partial charge in [-0.2, -0.15) is 0 Å². The van der Waals surface area contributed by atoms with Gasteiger partial charge in [-0.05, 0) is 38.6 Å². The Hall–Kier alpha value is -0.973. The van der Waals surface area contributed by atoms with Crippen LogP contribution in [0, 0.1) is 0 Å². The standard InChI is InChI=1S/C13H21NO2Si/c1-12(2)7-9-15-17(3,4)16-11-13-6-5-8-14-10-13/h5-8,10H,9,11H2,1-4H3. The molecule has 17 heavy (non-hydrogen) atoms. The molecule has 4 heteroatoms. The number of allylic oxidation sites excluding steroid dienone is 1. The Bertz CT molecular complexity index is 359. The fourth-order valence-electron chi connectivity index (χ4n) is 1.19. The molecule has 0 saturated carbocycles. The highest BCUT2D eigenvalue weighted by Crippen LogP contribution is 2.10. The molecule has 0 atom stereocenters. The van der Waals surface area contributed by atoms with Crippen molar-refractivity contribution in [3.8, 4) is 0 Å². The largest absolute Gasteiger partial charge is 0.391 e. The number of aromatic nitrogens is 1. The average Bonchev–Trinajstić information content (AvgIpc) is 2.27. The third-order valence-electron chi connectivity index (χ3n) is 2.23. The quantitative estimate of drug-likeness (QED) is 0.574. The zero-order valence-electron chi connectivity index (χ0n) is 11.1. The Morgan fingerprint density at radius 3 is 2.71 bits per heavy atom. The van der Waals surface area contributed by atoms with Crippen molar-refractivity contribution in [1.82, 2.24) is 4.98 Å². The van der Waals surface area contributed by atoms with Gasteiger partial charge in [-0.1, -0.05) is 17.7 Å². The molecule has 3 nitrogen and oxygen atoms in total. The lowest BCUT2D eigenvalue weighted by atomic mass is 10.3. The first-order valence-electron chi connectivity index (χ1n) is 5.80. The highest BCUT2D eigenvalue weighted by molar-refractivity contribution is 6.64. The summed E-state index contributed by atoms with van der Waals surface area (Å²) in [6.07, 6.45) is 5.65. The van der Waals surface area contributed by atoms with Crippen molar-refractivity contribution >= 4 is 8.56 Å². The monoisotopic (exact) mass is 251 g/mol. The van der Waals surface area contributed by atoms with Gasteiger partial charge in [0.15, 0.2) is 0 Å². The topological polar surface area (TPSA) is 31.4 Å². The number of hydrogen-bond donors (Lipinski definition) is 0. The van der Waals surface area contributed by atoms with E-state index in [4.69, 9.17) is 8.85 Å². The molecule has 0 fully saturated rings. The molecule has 1 aromatic heterocycles. The summed E-state index contributed by atoms with van der Waals surface area (Å²) in [4.78, 5) is 4.06. The Balaban J connectivity index is 2.36. The SMILES string of the molecule is CC(C)=CCO[Si](C)(C)OCc1cccnc1. The van der Waals surface area contributed by atoms with E-state index in [0.29, 0.717) is 13.2 Å². The summed E-state index contributed by atoms with van der Waals surface area (Å²) in [5.41, 5.74) is 2.35. The molecular formula is C13H21NO2Si. The first-order chi connectivity index (χ1) is 7.99. The Morgan fingerprint density at radius 2 is 2.12 bits per heavy atom. The Morgan fingerprint density at radius 1 is 1.35 bits per heavy atom. The lowest BCUT2D eigenvalue weighted by molar-refractivity contribution is 0.186. The zero-order chi connectivity index (χ0) is 12.7. The minimum atomic E-state index is -2.03. The minimum absolute atomic E-state index is 0.571. The van der Waals surface area contributed by atoms with E-state index in [1.807, 2.05) is 18.3 Å². The third kappa shape index (κ3) is 6.36. The van der Waals surface area contributed by atoms with Gasteiger partial charge in [-0.3, -0.25) is 4.98 Å². The molecule has 94 valence electrons. The zero-order valence-corrected chi connectivity index (χ0v) is 12.1. The highest BCUT2D eigenvalue weighted by atomic mass is 28.4. The van der Waals surface area contributed by atoms with Crippen LogP contribution in [0.4, 0.5) is 0 Å². The van der Waals surface area contributed by atoms with E-state index in [1.165, 1.54) is 5.57 Å². The number of pyridine rings is 1. The molecule has 0 aromatic carbocycles. The maximum absolute atomic E-state index is 5.84. The normalized spacial score (nSPS) is 11.3. The summed E-state index contributed by atoms with van der Waals surface area (Å²) in [5.74, 6) is 0. The second-order valence-electron chi connectivity index (χ2n) is 4.64. The summed E-state index contributed by atoms with van der Waals surface area (Å²) in [6.45, 7) is 9.45. The van der Waals surface area contributed by atoms with E-state index in [-0.39, 0.29) is 0 Å². The summed E-state index contributed by atoms with van der Waals surface area (Å²) < 4.78 is 11.6. The van der Waals surface area contributed by atoms with Gasteiger partial charge in [-0.15, -0.1) is 0 Å². The molecular weight excluding hydrogens is 230 g/mol. The van der Waals surface area contributed by atoms with E-state index in [9.17, 15) is 0 Å². The van der Waals surface area contributed by atoms with Crippen LogP contribution in [0.25, 0.3) is 0 Å². The molecule has 1 aromatic rings. The molecule has 0 bridgehead atoms. The van der Waals surface area contributed by atoms with Crippen molar-refractivity contribution in [2.75, 3.05) is 6.61 Å². The van der Waals surface area contributed by atoms with Gasteiger partial charge in [0.25, 0.3) is 0 Å². The predicted molar refractivity (Wildman–Crippen MR) is 71.9 cm³/mol. The van der Waals surface area contributed by atoms with Gasteiger partial charge in [0.2, 0.25) is 0 Å². The fraction of sp³-hybridized carbons (Fsp3) is 0.462. The maximum atomic E-state index is 5.84. The second kappa shape index (κ2) is 6.69. The maximum Gasteiger partial charge on any atom is 0.332 e. The van der Waals surface area contributed by atoms with Gasteiger partial charge in [-0.25, -0.2) is 0 Å². The molecule has 0 spiro atoms. The lowest BCUT2D eigenvalue weighted by Crippen LogP contribution is -2.34. The first-order valence-corrected chi connectivity index (χ1v) is 8.61.